The molecule has 0 aliphatic heterocycles. The van der Waals surface area contributed by atoms with Crippen molar-refractivity contribution >= 4 is 33.2 Å². The average Bonchev–Trinajstić information content (AvgIpc) is 3.17. The number of halogens is 1. The molecular formula is C21H21ClN2O5S. The van der Waals surface area contributed by atoms with Crippen molar-refractivity contribution in [2.75, 3.05) is 18.4 Å². The summed E-state index contributed by atoms with van der Waals surface area (Å²) in [5, 5.41) is 2.72. The quantitative estimate of drug-likeness (QED) is 0.523. The molecule has 0 radical (unpaired) electrons. The lowest BCUT2D eigenvalue weighted by atomic mass is 10.2. The van der Waals surface area contributed by atoms with Crippen molar-refractivity contribution in [3.8, 4) is 11.5 Å². The van der Waals surface area contributed by atoms with E-state index in [1.165, 1.54) is 34.6 Å². The Morgan fingerprint density at radius 1 is 1.07 bits per heavy atom. The highest BCUT2D eigenvalue weighted by Gasteiger charge is 2.24. The molecule has 158 valence electrons. The monoisotopic (exact) mass is 448 g/mol. The third kappa shape index (κ3) is 4.84. The van der Waals surface area contributed by atoms with Crippen LogP contribution in [0, 0.1) is 0 Å². The van der Waals surface area contributed by atoms with Crippen molar-refractivity contribution in [1.29, 1.82) is 0 Å². The lowest BCUT2D eigenvalue weighted by Crippen LogP contribution is -2.30. The number of nitrogens with one attached hydrogen (secondary N) is 1. The van der Waals surface area contributed by atoms with Crippen LogP contribution >= 0.6 is 11.6 Å². The zero-order valence-electron chi connectivity index (χ0n) is 16.5. The average molecular weight is 449 g/mol. The Morgan fingerprint density at radius 2 is 1.77 bits per heavy atom. The summed E-state index contributed by atoms with van der Waals surface area (Å²) in [6, 6.07) is 16.1. The van der Waals surface area contributed by atoms with Crippen molar-refractivity contribution in [2.45, 2.75) is 18.7 Å². The van der Waals surface area contributed by atoms with E-state index in [1.54, 1.807) is 38.1 Å². The first kappa shape index (κ1) is 21.9. The molecule has 0 atom stereocenters. The highest BCUT2D eigenvalue weighted by Crippen LogP contribution is 2.33. The number of furan rings is 1. The van der Waals surface area contributed by atoms with E-state index in [0.29, 0.717) is 18.8 Å². The zero-order chi connectivity index (χ0) is 21.7. The van der Waals surface area contributed by atoms with E-state index < -0.39 is 15.9 Å². The largest absolute Gasteiger partial charge is 0.455 e. The lowest BCUT2D eigenvalue weighted by molar-refractivity contribution is 0.0996. The smallest absolute Gasteiger partial charge is 0.291 e. The van der Waals surface area contributed by atoms with E-state index in [2.05, 4.69) is 5.32 Å². The maximum Gasteiger partial charge on any atom is 0.291 e. The molecule has 3 aromatic rings. The number of ether oxygens (including phenoxy) is 1. The molecule has 30 heavy (non-hydrogen) atoms. The fraction of sp³-hybridized carbons (Fsp3) is 0.190. The SMILES string of the molecule is CCN(CC)S(=O)(=O)c1ccc(Oc2ccccc2)c(NC(=O)c2ccc(Cl)o2)c1. The summed E-state index contributed by atoms with van der Waals surface area (Å²) in [6.07, 6.45) is 0. The van der Waals surface area contributed by atoms with Crippen molar-refractivity contribution in [1.82, 2.24) is 4.31 Å². The molecule has 2 aromatic carbocycles. The minimum atomic E-state index is -3.73. The molecule has 1 amide bonds. The summed E-state index contributed by atoms with van der Waals surface area (Å²) in [5.41, 5.74) is 0.185. The maximum atomic E-state index is 12.9. The Morgan fingerprint density at radius 3 is 2.37 bits per heavy atom. The molecule has 1 N–H and O–H groups in total. The van der Waals surface area contributed by atoms with Crippen molar-refractivity contribution in [2.24, 2.45) is 0 Å². The second kappa shape index (κ2) is 9.34. The van der Waals surface area contributed by atoms with Crippen molar-refractivity contribution < 1.29 is 22.4 Å². The molecule has 0 spiro atoms. The van der Waals surface area contributed by atoms with Gasteiger partial charge >= 0.3 is 0 Å². The minimum absolute atomic E-state index is 0.0114. The predicted octanol–water partition coefficient (Wildman–Crippen LogP) is 5.01. The van der Waals surface area contributed by atoms with E-state index in [9.17, 15) is 13.2 Å². The van der Waals surface area contributed by atoms with Gasteiger partial charge in [-0.1, -0.05) is 32.0 Å². The zero-order valence-corrected chi connectivity index (χ0v) is 18.0. The topological polar surface area (TPSA) is 88.9 Å². The van der Waals surface area contributed by atoms with Crippen LogP contribution in [0.15, 0.2) is 70.0 Å². The molecule has 0 saturated carbocycles. The first-order valence-corrected chi connectivity index (χ1v) is 11.1. The van der Waals surface area contributed by atoms with E-state index in [0.717, 1.165) is 0 Å². The van der Waals surface area contributed by atoms with Gasteiger partial charge < -0.3 is 14.5 Å². The van der Waals surface area contributed by atoms with Crippen LogP contribution in [-0.2, 0) is 10.0 Å². The van der Waals surface area contributed by atoms with E-state index in [1.807, 2.05) is 6.07 Å². The maximum absolute atomic E-state index is 12.9. The number of amides is 1. The summed E-state index contributed by atoms with van der Waals surface area (Å²) in [7, 11) is -3.73. The number of carbonyl (C=O) groups excluding carboxylic acids is 1. The third-order valence-electron chi connectivity index (χ3n) is 4.31. The van der Waals surface area contributed by atoms with E-state index in [-0.39, 0.29) is 27.3 Å². The van der Waals surface area contributed by atoms with Gasteiger partial charge in [0.1, 0.15) is 5.75 Å². The molecule has 3 rings (SSSR count). The van der Waals surface area contributed by atoms with Crippen molar-refractivity contribution in [3.63, 3.8) is 0 Å². The molecule has 1 aromatic heterocycles. The van der Waals surface area contributed by atoms with Gasteiger partial charge in [0.25, 0.3) is 5.91 Å². The highest BCUT2D eigenvalue weighted by molar-refractivity contribution is 7.89. The first-order valence-electron chi connectivity index (χ1n) is 9.29. The molecule has 1 heterocycles. The Hall–Kier alpha value is -2.81. The number of nitrogens with zero attached hydrogens (tertiary/aromatic N) is 1. The fourth-order valence-corrected chi connectivity index (χ4v) is 4.44. The van der Waals surface area contributed by atoms with Gasteiger partial charge in [-0.2, -0.15) is 4.31 Å². The van der Waals surface area contributed by atoms with Crippen LogP contribution in [0.1, 0.15) is 24.4 Å². The Kier molecular flexibility index (Phi) is 6.81. The number of para-hydroxylation sites is 1. The van der Waals surface area contributed by atoms with Gasteiger partial charge in [-0.15, -0.1) is 0 Å². The van der Waals surface area contributed by atoms with Gasteiger partial charge in [-0.3, -0.25) is 4.79 Å². The van der Waals surface area contributed by atoms with Crippen LogP contribution in [0.4, 0.5) is 5.69 Å². The van der Waals surface area contributed by atoms with Gasteiger partial charge in [0.15, 0.2) is 16.7 Å². The normalized spacial score (nSPS) is 11.5. The molecular weight excluding hydrogens is 428 g/mol. The Balaban J connectivity index is 2.01. The van der Waals surface area contributed by atoms with Crippen LogP contribution in [0.5, 0.6) is 11.5 Å². The molecule has 9 heteroatoms. The van der Waals surface area contributed by atoms with Crippen molar-refractivity contribution in [3.05, 3.63) is 71.6 Å². The molecule has 7 nitrogen and oxygen atoms in total. The van der Waals surface area contributed by atoms with Gasteiger partial charge in [0, 0.05) is 13.1 Å². The molecule has 0 fully saturated rings. The molecule has 0 bridgehead atoms. The van der Waals surface area contributed by atoms with Gasteiger partial charge in [0.2, 0.25) is 10.0 Å². The third-order valence-corrected chi connectivity index (χ3v) is 6.56. The number of rotatable bonds is 8. The number of hydrogen-bond acceptors (Lipinski definition) is 5. The van der Waals surface area contributed by atoms with Gasteiger partial charge in [-0.05, 0) is 54.1 Å². The molecule has 0 aliphatic carbocycles. The van der Waals surface area contributed by atoms with Crippen LogP contribution in [-0.4, -0.2) is 31.7 Å². The fourth-order valence-electron chi connectivity index (χ4n) is 2.80. The number of benzene rings is 2. The lowest BCUT2D eigenvalue weighted by Gasteiger charge is -2.20. The Bertz CT molecular complexity index is 1130. The first-order chi connectivity index (χ1) is 14.3. The second-order valence-electron chi connectivity index (χ2n) is 6.22. The predicted molar refractivity (Wildman–Crippen MR) is 115 cm³/mol. The van der Waals surface area contributed by atoms with Crippen LogP contribution < -0.4 is 10.1 Å². The summed E-state index contributed by atoms with van der Waals surface area (Å²) in [6.45, 7) is 4.18. The number of hydrogen-bond donors (Lipinski definition) is 1. The second-order valence-corrected chi connectivity index (χ2v) is 8.53. The number of carbonyl (C=O) groups is 1. The van der Waals surface area contributed by atoms with E-state index >= 15 is 0 Å². The summed E-state index contributed by atoms with van der Waals surface area (Å²) < 4.78 is 38.1. The minimum Gasteiger partial charge on any atom is -0.455 e. The highest BCUT2D eigenvalue weighted by atomic mass is 35.5. The number of anilines is 1. The standard InChI is InChI=1S/C21H21ClN2O5S/c1-3-24(4-2)30(26,27)16-10-11-18(28-15-8-6-5-7-9-15)17(14-16)23-21(25)19-12-13-20(22)29-19/h5-14H,3-4H2,1-2H3,(H,23,25). The molecule has 0 saturated heterocycles. The van der Waals surface area contributed by atoms with E-state index in [4.69, 9.17) is 20.8 Å². The van der Waals surface area contributed by atoms with Gasteiger partial charge in [0.05, 0.1) is 10.6 Å². The Labute approximate surface area is 180 Å². The summed E-state index contributed by atoms with van der Waals surface area (Å²) >= 11 is 5.74. The van der Waals surface area contributed by atoms with Crippen LogP contribution in [0.25, 0.3) is 0 Å². The molecule has 0 aliphatic rings. The molecule has 0 unspecified atom stereocenters. The number of sulfonamides is 1. The van der Waals surface area contributed by atoms with Crippen LogP contribution in [0.2, 0.25) is 5.22 Å². The van der Waals surface area contributed by atoms with Crippen LogP contribution in [0.3, 0.4) is 0 Å². The summed E-state index contributed by atoms with van der Waals surface area (Å²) in [5.74, 6) is 0.221. The summed E-state index contributed by atoms with van der Waals surface area (Å²) in [4.78, 5) is 12.6. The van der Waals surface area contributed by atoms with Gasteiger partial charge in [-0.25, -0.2) is 8.42 Å².